The van der Waals surface area contributed by atoms with E-state index >= 15 is 0 Å². The van der Waals surface area contributed by atoms with E-state index < -0.39 is 0 Å². The highest BCUT2D eigenvalue weighted by molar-refractivity contribution is 5.37. The van der Waals surface area contributed by atoms with Crippen LogP contribution in [0.3, 0.4) is 0 Å². The van der Waals surface area contributed by atoms with Gasteiger partial charge in [-0.2, -0.15) is 0 Å². The summed E-state index contributed by atoms with van der Waals surface area (Å²) in [6.07, 6.45) is 0. The Balaban J connectivity index is 2.08. The smallest absolute Gasteiger partial charge is 0.0608 e. The first kappa shape index (κ1) is 13.5. The highest BCUT2D eigenvalue weighted by atomic mass is 16.5. The van der Waals surface area contributed by atoms with Gasteiger partial charge in [0.1, 0.15) is 0 Å². The standard InChI is InChI=1S/C15H24N2O/c1-11-9-13(3)15(10-12(11)2)14(4)16-17-5-7-18-8-6-17/h9-10,14,16H,5-8H2,1-4H3. The number of hydrogen-bond acceptors (Lipinski definition) is 3. The molecule has 0 aliphatic carbocycles. The number of benzene rings is 1. The van der Waals surface area contributed by atoms with Gasteiger partial charge in [0.05, 0.1) is 13.2 Å². The number of aryl methyl sites for hydroxylation is 3. The van der Waals surface area contributed by atoms with Gasteiger partial charge < -0.3 is 4.74 Å². The van der Waals surface area contributed by atoms with Gasteiger partial charge in [0, 0.05) is 19.1 Å². The highest BCUT2D eigenvalue weighted by Crippen LogP contribution is 2.22. The molecule has 1 atom stereocenters. The van der Waals surface area contributed by atoms with Crippen LogP contribution in [0.5, 0.6) is 0 Å². The Hall–Kier alpha value is -0.900. The summed E-state index contributed by atoms with van der Waals surface area (Å²) in [5.74, 6) is 0. The number of ether oxygens (including phenoxy) is 1. The zero-order chi connectivity index (χ0) is 13.1. The third kappa shape index (κ3) is 3.10. The van der Waals surface area contributed by atoms with Crippen LogP contribution in [0.4, 0.5) is 0 Å². The molecule has 3 heteroatoms. The molecule has 0 amide bonds. The molecule has 2 rings (SSSR count). The molecular weight excluding hydrogens is 224 g/mol. The van der Waals surface area contributed by atoms with E-state index in [4.69, 9.17) is 4.74 Å². The van der Waals surface area contributed by atoms with Crippen molar-refractivity contribution in [2.75, 3.05) is 26.3 Å². The van der Waals surface area contributed by atoms with E-state index in [-0.39, 0.29) is 0 Å². The highest BCUT2D eigenvalue weighted by Gasteiger charge is 2.15. The number of nitrogens with one attached hydrogen (secondary N) is 1. The lowest BCUT2D eigenvalue weighted by Crippen LogP contribution is -2.46. The average molecular weight is 248 g/mol. The van der Waals surface area contributed by atoms with Crippen molar-refractivity contribution in [3.05, 3.63) is 34.4 Å². The fourth-order valence-electron chi connectivity index (χ4n) is 2.49. The van der Waals surface area contributed by atoms with Crippen LogP contribution in [-0.2, 0) is 4.74 Å². The maximum atomic E-state index is 5.36. The fourth-order valence-corrected chi connectivity index (χ4v) is 2.49. The summed E-state index contributed by atoms with van der Waals surface area (Å²) in [5, 5.41) is 2.27. The van der Waals surface area contributed by atoms with Gasteiger partial charge in [-0.25, -0.2) is 10.4 Å². The molecule has 1 saturated heterocycles. The Bertz CT molecular complexity index is 411. The van der Waals surface area contributed by atoms with E-state index in [0.717, 1.165) is 26.3 Å². The molecule has 1 unspecified atom stereocenters. The SMILES string of the molecule is Cc1cc(C)c(C(C)NN2CCOCC2)cc1C. The van der Waals surface area contributed by atoms with Gasteiger partial charge in [-0.15, -0.1) is 0 Å². The maximum absolute atomic E-state index is 5.36. The normalized spacial score (nSPS) is 18.9. The first-order valence-electron chi connectivity index (χ1n) is 6.74. The van der Waals surface area contributed by atoms with Crippen molar-refractivity contribution in [1.29, 1.82) is 0 Å². The molecular formula is C15H24N2O. The number of rotatable bonds is 3. The third-order valence-corrected chi connectivity index (χ3v) is 3.74. The van der Waals surface area contributed by atoms with E-state index in [1.54, 1.807) is 0 Å². The molecule has 18 heavy (non-hydrogen) atoms. The zero-order valence-corrected chi connectivity index (χ0v) is 11.9. The van der Waals surface area contributed by atoms with Crippen molar-refractivity contribution in [3.8, 4) is 0 Å². The van der Waals surface area contributed by atoms with Crippen LogP contribution in [0.2, 0.25) is 0 Å². The summed E-state index contributed by atoms with van der Waals surface area (Å²) in [4.78, 5) is 0. The van der Waals surface area contributed by atoms with E-state index in [1.165, 1.54) is 22.3 Å². The van der Waals surface area contributed by atoms with Crippen LogP contribution in [0.1, 0.15) is 35.2 Å². The molecule has 1 aliphatic heterocycles. The molecule has 0 bridgehead atoms. The van der Waals surface area contributed by atoms with Crippen LogP contribution in [0, 0.1) is 20.8 Å². The first-order valence-corrected chi connectivity index (χ1v) is 6.74. The Morgan fingerprint density at radius 3 is 2.33 bits per heavy atom. The van der Waals surface area contributed by atoms with E-state index in [2.05, 4.69) is 50.3 Å². The lowest BCUT2D eigenvalue weighted by Gasteiger charge is -2.31. The molecule has 1 aromatic rings. The summed E-state index contributed by atoms with van der Waals surface area (Å²) in [6, 6.07) is 4.94. The Labute approximate surface area is 110 Å². The second kappa shape index (κ2) is 5.83. The molecule has 1 aliphatic rings. The minimum atomic E-state index is 0.349. The van der Waals surface area contributed by atoms with Crippen LogP contribution < -0.4 is 5.43 Å². The van der Waals surface area contributed by atoms with Crippen molar-refractivity contribution in [2.45, 2.75) is 33.7 Å². The fraction of sp³-hybridized carbons (Fsp3) is 0.600. The van der Waals surface area contributed by atoms with Gasteiger partial charge in [-0.05, 0) is 49.9 Å². The Morgan fingerprint density at radius 1 is 1.06 bits per heavy atom. The molecule has 1 fully saturated rings. The summed E-state index contributed by atoms with van der Waals surface area (Å²) in [6.45, 7) is 12.4. The predicted octanol–water partition coefficient (Wildman–Crippen LogP) is 2.51. The van der Waals surface area contributed by atoms with E-state index in [0.29, 0.717) is 6.04 Å². The van der Waals surface area contributed by atoms with Gasteiger partial charge in [0.2, 0.25) is 0 Å². The minimum Gasteiger partial charge on any atom is -0.379 e. The van der Waals surface area contributed by atoms with Gasteiger partial charge in [-0.3, -0.25) is 0 Å². The van der Waals surface area contributed by atoms with Gasteiger partial charge in [-0.1, -0.05) is 12.1 Å². The largest absolute Gasteiger partial charge is 0.379 e. The Kier molecular flexibility index (Phi) is 4.38. The van der Waals surface area contributed by atoms with Crippen LogP contribution >= 0.6 is 0 Å². The molecule has 1 N–H and O–H groups in total. The number of hydrogen-bond donors (Lipinski definition) is 1. The van der Waals surface area contributed by atoms with Crippen molar-refractivity contribution in [3.63, 3.8) is 0 Å². The second-order valence-electron chi connectivity index (χ2n) is 5.24. The lowest BCUT2D eigenvalue weighted by molar-refractivity contribution is 0.00480. The van der Waals surface area contributed by atoms with Crippen molar-refractivity contribution < 1.29 is 4.74 Å². The van der Waals surface area contributed by atoms with Crippen molar-refractivity contribution >= 4 is 0 Å². The predicted molar refractivity (Wildman–Crippen MR) is 74.6 cm³/mol. The molecule has 3 nitrogen and oxygen atoms in total. The molecule has 0 spiro atoms. The van der Waals surface area contributed by atoms with E-state index in [9.17, 15) is 0 Å². The summed E-state index contributed by atoms with van der Waals surface area (Å²) >= 11 is 0. The first-order chi connectivity index (χ1) is 8.58. The number of nitrogens with zero attached hydrogens (tertiary/aromatic N) is 1. The number of morpholine rings is 1. The third-order valence-electron chi connectivity index (χ3n) is 3.74. The van der Waals surface area contributed by atoms with Crippen LogP contribution in [0.15, 0.2) is 12.1 Å². The van der Waals surface area contributed by atoms with Crippen molar-refractivity contribution in [1.82, 2.24) is 10.4 Å². The molecule has 0 saturated carbocycles. The van der Waals surface area contributed by atoms with Crippen LogP contribution in [-0.4, -0.2) is 31.3 Å². The molecule has 1 aromatic carbocycles. The summed E-state index contributed by atoms with van der Waals surface area (Å²) in [7, 11) is 0. The van der Waals surface area contributed by atoms with Gasteiger partial charge in [0.15, 0.2) is 0 Å². The van der Waals surface area contributed by atoms with E-state index in [1.807, 2.05) is 0 Å². The Morgan fingerprint density at radius 2 is 1.67 bits per heavy atom. The maximum Gasteiger partial charge on any atom is 0.0608 e. The van der Waals surface area contributed by atoms with Gasteiger partial charge >= 0.3 is 0 Å². The topological polar surface area (TPSA) is 24.5 Å². The lowest BCUT2D eigenvalue weighted by atomic mass is 9.97. The monoisotopic (exact) mass is 248 g/mol. The molecule has 0 aromatic heterocycles. The summed E-state index contributed by atoms with van der Waals surface area (Å²) in [5.41, 5.74) is 9.07. The summed E-state index contributed by atoms with van der Waals surface area (Å²) < 4.78 is 5.36. The second-order valence-corrected chi connectivity index (χ2v) is 5.24. The molecule has 0 radical (unpaired) electrons. The van der Waals surface area contributed by atoms with Crippen LogP contribution in [0.25, 0.3) is 0 Å². The molecule has 100 valence electrons. The number of hydrazine groups is 1. The zero-order valence-electron chi connectivity index (χ0n) is 11.9. The quantitative estimate of drug-likeness (QED) is 0.889. The van der Waals surface area contributed by atoms with Gasteiger partial charge in [0.25, 0.3) is 0 Å². The van der Waals surface area contributed by atoms with Crippen molar-refractivity contribution in [2.24, 2.45) is 0 Å². The molecule has 1 heterocycles. The minimum absolute atomic E-state index is 0.349. The average Bonchev–Trinajstić information content (AvgIpc) is 2.35.